The van der Waals surface area contributed by atoms with Crippen molar-refractivity contribution >= 4 is 11.9 Å². The monoisotopic (exact) mass is 328 g/mol. The number of carboxylic acids is 1. The van der Waals surface area contributed by atoms with E-state index in [0.29, 0.717) is 32.5 Å². The third-order valence-corrected chi connectivity index (χ3v) is 4.26. The van der Waals surface area contributed by atoms with Gasteiger partial charge in [0.1, 0.15) is 12.1 Å². The van der Waals surface area contributed by atoms with Gasteiger partial charge in [-0.25, -0.2) is 4.79 Å². The second-order valence-electron chi connectivity index (χ2n) is 5.87. The number of hydrogen-bond acceptors (Lipinski definition) is 3. The summed E-state index contributed by atoms with van der Waals surface area (Å²) < 4.78 is 0. The topological polar surface area (TPSA) is 60.9 Å². The molecule has 1 aliphatic heterocycles. The summed E-state index contributed by atoms with van der Waals surface area (Å²) in [6.07, 6.45) is 4.70. The summed E-state index contributed by atoms with van der Waals surface area (Å²) in [5.74, 6) is -1.11. The summed E-state index contributed by atoms with van der Waals surface area (Å²) in [6, 6.07) is 8.18. The predicted octanol–water partition coefficient (Wildman–Crippen LogP) is 2.48. The van der Waals surface area contributed by atoms with Crippen molar-refractivity contribution < 1.29 is 14.7 Å². The van der Waals surface area contributed by atoms with Crippen LogP contribution in [-0.4, -0.2) is 52.5 Å². The number of hydrogen-bond donors (Lipinski definition) is 1. The number of carbonyl (C=O) groups excluding carboxylic acids is 1. The normalized spacial score (nSPS) is 18.4. The quantitative estimate of drug-likeness (QED) is 0.745. The Balaban J connectivity index is 2.37. The first-order valence-electron chi connectivity index (χ1n) is 8.14. The number of carbonyl (C=O) groups is 2. The van der Waals surface area contributed by atoms with Crippen molar-refractivity contribution in [2.75, 3.05) is 19.6 Å². The van der Waals surface area contributed by atoms with E-state index in [-0.39, 0.29) is 5.91 Å². The fraction of sp³-hybridized carbons (Fsp3) is 0.368. The van der Waals surface area contributed by atoms with Crippen LogP contribution in [0.4, 0.5) is 0 Å². The van der Waals surface area contributed by atoms with E-state index in [1.165, 1.54) is 4.90 Å². The van der Waals surface area contributed by atoms with Crippen LogP contribution in [0.1, 0.15) is 24.4 Å². The van der Waals surface area contributed by atoms with Crippen LogP contribution in [0.2, 0.25) is 0 Å². The minimum Gasteiger partial charge on any atom is -0.480 e. The van der Waals surface area contributed by atoms with Crippen LogP contribution in [0.5, 0.6) is 0 Å². The van der Waals surface area contributed by atoms with Gasteiger partial charge in [0.25, 0.3) is 0 Å². The Hall–Kier alpha value is -2.40. The fourth-order valence-corrected chi connectivity index (χ4v) is 3.21. The Morgan fingerprint density at radius 3 is 2.42 bits per heavy atom. The Kier molecular flexibility index (Phi) is 6.32. The van der Waals surface area contributed by atoms with E-state index >= 15 is 0 Å². The molecule has 5 nitrogen and oxygen atoms in total. The van der Waals surface area contributed by atoms with Crippen molar-refractivity contribution in [3.63, 3.8) is 0 Å². The van der Waals surface area contributed by atoms with Crippen LogP contribution in [-0.2, 0) is 9.59 Å². The van der Waals surface area contributed by atoms with Gasteiger partial charge < -0.3 is 10.0 Å². The van der Waals surface area contributed by atoms with Gasteiger partial charge in [-0.1, -0.05) is 42.5 Å². The molecule has 0 radical (unpaired) electrons. The second-order valence-corrected chi connectivity index (χ2v) is 5.87. The van der Waals surface area contributed by atoms with Crippen LogP contribution in [0, 0.1) is 0 Å². The highest BCUT2D eigenvalue weighted by molar-refractivity contribution is 5.88. The molecule has 128 valence electrons. The SMILES string of the molecule is C=CCN(CC=C)C(C(=O)N1CCCC1C(=O)O)c1ccccc1. The lowest BCUT2D eigenvalue weighted by Gasteiger charge is -2.33. The van der Waals surface area contributed by atoms with E-state index in [0.717, 1.165) is 5.56 Å². The third-order valence-electron chi connectivity index (χ3n) is 4.26. The molecule has 0 bridgehead atoms. The Bertz CT molecular complexity index is 590. The maximum absolute atomic E-state index is 13.2. The Labute approximate surface area is 142 Å². The zero-order valence-electron chi connectivity index (χ0n) is 13.8. The summed E-state index contributed by atoms with van der Waals surface area (Å²) in [6.45, 7) is 9.04. The number of amides is 1. The van der Waals surface area contributed by atoms with E-state index in [4.69, 9.17) is 0 Å². The summed E-state index contributed by atoms with van der Waals surface area (Å²) in [7, 11) is 0. The summed E-state index contributed by atoms with van der Waals surface area (Å²) in [5, 5.41) is 9.39. The van der Waals surface area contributed by atoms with Gasteiger partial charge in [-0.15, -0.1) is 13.2 Å². The molecule has 1 N–H and O–H groups in total. The number of rotatable bonds is 8. The zero-order chi connectivity index (χ0) is 17.5. The molecule has 1 fully saturated rings. The molecule has 2 rings (SSSR count). The number of likely N-dealkylation sites (tertiary alicyclic amines) is 1. The van der Waals surface area contributed by atoms with Gasteiger partial charge >= 0.3 is 5.97 Å². The summed E-state index contributed by atoms with van der Waals surface area (Å²) in [5.41, 5.74) is 0.849. The van der Waals surface area contributed by atoms with Crippen LogP contribution >= 0.6 is 0 Å². The summed E-state index contributed by atoms with van der Waals surface area (Å²) in [4.78, 5) is 28.1. The number of benzene rings is 1. The molecule has 1 saturated heterocycles. The first-order valence-corrected chi connectivity index (χ1v) is 8.14. The fourth-order valence-electron chi connectivity index (χ4n) is 3.21. The van der Waals surface area contributed by atoms with Crippen molar-refractivity contribution in [2.24, 2.45) is 0 Å². The van der Waals surface area contributed by atoms with Gasteiger partial charge in [-0.3, -0.25) is 9.69 Å². The standard InChI is InChI=1S/C19H24N2O3/c1-3-12-20(13-4-2)17(15-9-6-5-7-10-15)18(22)21-14-8-11-16(21)19(23)24/h3-7,9-10,16-17H,1-2,8,11-14H2,(H,23,24). The smallest absolute Gasteiger partial charge is 0.326 e. The number of nitrogens with zero attached hydrogens (tertiary/aromatic N) is 2. The van der Waals surface area contributed by atoms with Gasteiger partial charge in [-0.2, -0.15) is 0 Å². The van der Waals surface area contributed by atoms with E-state index in [2.05, 4.69) is 13.2 Å². The highest BCUT2D eigenvalue weighted by Crippen LogP contribution is 2.28. The number of carboxylic acid groups (broad SMARTS) is 1. The summed E-state index contributed by atoms with van der Waals surface area (Å²) >= 11 is 0. The third kappa shape index (κ3) is 3.92. The molecule has 2 unspecified atom stereocenters. The molecular weight excluding hydrogens is 304 g/mol. The highest BCUT2D eigenvalue weighted by atomic mass is 16.4. The first kappa shape index (κ1) is 17.9. The maximum Gasteiger partial charge on any atom is 0.326 e. The van der Waals surface area contributed by atoms with Crippen molar-refractivity contribution in [1.82, 2.24) is 9.80 Å². The van der Waals surface area contributed by atoms with Crippen molar-refractivity contribution in [2.45, 2.75) is 24.9 Å². The average molecular weight is 328 g/mol. The molecule has 1 heterocycles. The molecule has 0 spiro atoms. The molecule has 0 saturated carbocycles. The van der Waals surface area contributed by atoms with E-state index in [1.807, 2.05) is 35.2 Å². The van der Waals surface area contributed by atoms with Crippen molar-refractivity contribution in [3.05, 3.63) is 61.2 Å². The lowest BCUT2D eigenvalue weighted by Crippen LogP contribution is -2.47. The predicted molar refractivity (Wildman–Crippen MR) is 93.5 cm³/mol. The molecule has 1 aromatic rings. The Morgan fingerprint density at radius 1 is 1.25 bits per heavy atom. The molecule has 5 heteroatoms. The molecule has 0 aliphatic carbocycles. The van der Waals surface area contributed by atoms with Gasteiger partial charge in [0.05, 0.1) is 0 Å². The second kappa shape index (κ2) is 8.45. The lowest BCUT2D eigenvalue weighted by molar-refractivity contribution is -0.150. The minimum absolute atomic E-state index is 0.171. The molecule has 1 amide bonds. The number of aliphatic carboxylic acids is 1. The molecule has 2 atom stereocenters. The molecule has 24 heavy (non-hydrogen) atoms. The first-order chi connectivity index (χ1) is 11.6. The largest absolute Gasteiger partial charge is 0.480 e. The maximum atomic E-state index is 13.2. The van der Waals surface area contributed by atoms with Crippen molar-refractivity contribution in [1.29, 1.82) is 0 Å². The van der Waals surface area contributed by atoms with Gasteiger partial charge in [0.2, 0.25) is 5.91 Å². The van der Waals surface area contributed by atoms with Crippen LogP contribution in [0.15, 0.2) is 55.6 Å². The minimum atomic E-state index is -0.938. The lowest BCUT2D eigenvalue weighted by atomic mass is 10.0. The molecular formula is C19H24N2O3. The highest BCUT2D eigenvalue weighted by Gasteiger charge is 2.39. The van der Waals surface area contributed by atoms with Gasteiger partial charge in [0, 0.05) is 19.6 Å². The average Bonchev–Trinajstić information content (AvgIpc) is 3.06. The van der Waals surface area contributed by atoms with E-state index in [1.54, 1.807) is 12.2 Å². The van der Waals surface area contributed by atoms with Crippen molar-refractivity contribution in [3.8, 4) is 0 Å². The molecule has 0 aromatic heterocycles. The molecule has 1 aromatic carbocycles. The van der Waals surface area contributed by atoms with Crippen LogP contribution < -0.4 is 0 Å². The van der Waals surface area contributed by atoms with Gasteiger partial charge in [-0.05, 0) is 18.4 Å². The van der Waals surface area contributed by atoms with Gasteiger partial charge in [0.15, 0.2) is 0 Å². The zero-order valence-corrected chi connectivity index (χ0v) is 13.8. The van der Waals surface area contributed by atoms with Crippen LogP contribution in [0.25, 0.3) is 0 Å². The van der Waals surface area contributed by atoms with E-state index < -0.39 is 18.1 Å². The van der Waals surface area contributed by atoms with Crippen LogP contribution in [0.3, 0.4) is 0 Å². The Morgan fingerprint density at radius 2 is 1.88 bits per heavy atom. The molecule has 1 aliphatic rings. The van der Waals surface area contributed by atoms with E-state index in [9.17, 15) is 14.7 Å².